The van der Waals surface area contributed by atoms with Crippen molar-refractivity contribution in [2.45, 2.75) is 69.0 Å². The summed E-state index contributed by atoms with van der Waals surface area (Å²) in [6, 6.07) is 16.3. The lowest BCUT2D eigenvalue weighted by Gasteiger charge is -2.34. The molecule has 2 aromatic carbocycles. The smallest absolute Gasteiger partial charge is 0.240 e. The van der Waals surface area contributed by atoms with Crippen molar-refractivity contribution in [1.82, 2.24) is 14.6 Å². The monoisotopic (exact) mass is 575 g/mol. The fourth-order valence-corrected chi connectivity index (χ4v) is 6.85. The van der Waals surface area contributed by atoms with Crippen LogP contribution in [0.2, 0.25) is 0 Å². The Hall–Kier alpha value is -3.46. The predicted molar refractivity (Wildman–Crippen MR) is 166 cm³/mol. The van der Waals surface area contributed by atoms with Crippen LogP contribution < -0.4 is 10.0 Å². The quantitative estimate of drug-likeness (QED) is 0.273. The van der Waals surface area contributed by atoms with Gasteiger partial charge in [-0.05, 0) is 81.9 Å². The summed E-state index contributed by atoms with van der Waals surface area (Å²) in [5.41, 5.74) is 2.46. The summed E-state index contributed by atoms with van der Waals surface area (Å²) in [6.45, 7) is 9.24. The Morgan fingerprint density at radius 1 is 1.07 bits per heavy atom. The first-order valence-electron chi connectivity index (χ1n) is 14.1. The van der Waals surface area contributed by atoms with Crippen molar-refractivity contribution in [3.05, 3.63) is 91.1 Å². The molecule has 1 aromatic heterocycles. The first kappa shape index (κ1) is 30.5. The lowest BCUT2D eigenvalue weighted by Crippen LogP contribution is -2.52. The van der Waals surface area contributed by atoms with Gasteiger partial charge in [-0.3, -0.25) is 4.79 Å². The SMILES string of the molecule is C=C(/C=C\C=C/C)[C@H](NC(=O)C1CCC(NS(=O)(=O)c2ccc3c(c2)cc(-c2ccccc2)n3C)CC1)C(C)(C)O. The lowest BCUT2D eigenvalue weighted by atomic mass is 9.84. The molecule has 4 rings (SSSR count). The second kappa shape index (κ2) is 12.6. The van der Waals surface area contributed by atoms with E-state index >= 15 is 0 Å². The lowest BCUT2D eigenvalue weighted by molar-refractivity contribution is -0.128. The third-order valence-corrected chi connectivity index (χ3v) is 9.31. The molecule has 0 saturated heterocycles. The highest BCUT2D eigenvalue weighted by molar-refractivity contribution is 7.89. The number of hydrogen-bond acceptors (Lipinski definition) is 4. The number of rotatable bonds is 10. The third-order valence-electron chi connectivity index (χ3n) is 7.79. The van der Waals surface area contributed by atoms with E-state index in [1.807, 2.05) is 74.7 Å². The molecule has 3 N–H and O–H groups in total. The zero-order valence-electron chi connectivity index (χ0n) is 24.3. The molecule has 1 fully saturated rings. The molecular weight excluding hydrogens is 534 g/mol. The number of amides is 1. The van der Waals surface area contributed by atoms with Crippen molar-refractivity contribution < 1.29 is 18.3 Å². The summed E-state index contributed by atoms with van der Waals surface area (Å²) >= 11 is 0. The first-order valence-corrected chi connectivity index (χ1v) is 15.6. The van der Waals surface area contributed by atoms with Crippen molar-refractivity contribution in [3.63, 3.8) is 0 Å². The van der Waals surface area contributed by atoms with Crippen LogP contribution in [0.3, 0.4) is 0 Å². The Bertz CT molecular complexity index is 1550. The van der Waals surface area contributed by atoms with Crippen LogP contribution in [0.15, 0.2) is 95.9 Å². The number of allylic oxidation sites excluding steroid dienone is 3. The minimum absolute atomic E-state index is 0.150. The fraction of sp³-hybridized carbons (Fsp3) is 0.364. The van der Waals surface area contributed by atoms with E-state index in [1.165, 1.54) is 0 Å². The largest absolute Gasteiger partial charge is 0.388 e. The molecule has 41 heavy (non-hydrogen) atoms. The number of carbonyl (C=O) groups excluding carboxylic acids is 1. The number of benzene rings is 2. The average molecular weight is 576 g/mol. The molecule has 0 aliphatic heterocycles. The van der Waals surface area contributed by atoms with Crippen molar-refractivity contribution in [1.29, 1.82) is 0 Å². The van der Waals surface area contributed by atoms with Crippen LogP contribution in [0.25, 0.3) is 22.2 Å². The van der Waals surface area contributed by atoms with Gasteiger partial charge in [-0.1, -0.05) is 61.2 Å². The highest BCUT2D eigenvalue weighted by atomic mass is 32.2. The Morgan fingerprint density at radius 3 is 2.39 bits per heavy atom. The van der Waals surface area contributed by atoms with E-state index in [1.54, 1.807) is 32.1 Å². The molecular formula is C33H41N3O4S. The van der Waals surface area contributed by atoms with E-state index in [0.717, 1.165) is 22.2 Å². The van der Waals surface area contributed by atoms with Gasteiger partial charge in [-0.25, -0.2) is 13.1 Å². The van der Waals surface area contributed by atoms with Gasteiger partial charge in [0, 0.05) is 35.6 Å². The van der Waals surface area contributed by atoms with Crippen molar-refractivity contribution in [3.8, 4) is 11.3 Å². The molecule has 218 valence electrons. The molecule has 1 heterocycles. The average Bonchev–Trinajstić information content (AvgIpc) is 3.27. The molecule has 1 saturated carbocycles. The minimum Gasteiger partial charge on any atom is -0.388 e. The van der Waals surface area contributed by atoms with Crippen LogP contribution in [0.5, 0.6) is 0 Å². The van der Waals surface area contributed by atoms with Gasteiger partial charge in [0.25, 0.3) is 0 Å². The summed E-state index contributed by atoms with van der Waals surface area (Å²) in [4.78, 5) is 13.3. The second-order valence-corrected chi connectivity index (χ2v) is 13.1. The van der Waals surface area contributed by atoms with Crippen LogP contribution in [-0.4, -0.2) is 41.7 Å². The molecule has 1 amide bonds. The van der Waals surface area contributed by atoms with Gasteiger partial charge in [-0.2, -0.15) is 0 Å². The maximum absolute atomic E-state index is 13.3. The standard InChI is InChI=1S/C33H41N3O4S/c1-6-7-9-12-23(2)31(33(3,4)38)34-32(37)25-15-17-27(18-16-25)35-41(39,40)28-19-20-29-26(21-28)22-30(36(29)5)24-13-10-8-11-14-24/h6-14,19-22,25,27,31,35,38H,2,15-18H2,1,3-5H3,(H,34,37)/b7-6-,12-9-/t25?,27?,31-/m0/s1. The molecule has 1 atom stereocenters. The molecule has 1 aliphatic rings. The molecule has 8 heteroatoms. The number of carbonyl (C=O) groups is 1. The Kier molecular flexibility index (Phi) is 9.37. The molecule has 0 unspecified atom stereocenters. The number of aryl methyl sites for hydroxylation is 1. The molecule has 1 aliphatic carbocycles. The maximum Gasteiger partial charge on any atom is 0.240 e. The van der Waals surface area contributed by atoms with Gasteiger partial charge >= 0.3 is 0 Å². The van der Waals surface area contributed by atoms with Gasteiger partial charge in [0.1, 0.15) is 0 Å². The summed E-state index contributed by atoms with van der Waals surface area (Å²) in [5, 5.41) is 14.5. The first-order chi connectivity index (χ1) is 19.4. The van der Waals surface area contributed by atoms with Gasteiger partial charge in [0.05, 0.1) is 16.5 Å². The van der Waals surface area contributed by atoms with Gasteiger partial charge in [0.15, 0.2) is 0 Å². The molecule has 0 spiro atoms. The van der Waals surface area contributed by atoms with E-state index in [4.69, 9.17) is 0 Å². The third kappa shape index (κ3) is 7.25. The fourth-order valence-electron chi connectivity index (χ4n) is 5.51. The van der Waals surface area contributed by atoms with Crippen LogP contribution >= 0.6 is 0 Å². The number of nitrogens with one attached hydrogen (secondary N) is 2. The van der Waals surface area contributed by atoms with Crippen LogP contribution in [-0.2, 0) is 21.9 Å². The van der Waals surface area contributed by atoms with Crippen molar-refractivity contribution in [2.75, 3.05) is 0 Å². The number of aliphatic hydroxyl groups is 1. The summed E-state index contributed by atoms with van der Waals surface area (Å²) in [5.74, 6) is -0.409. The van der Waals surface area contributed by atoms with E-state index < -0.39 is 21.7 Å². The molecule has 7 nitrogen and oxygen atoms in total. The second-order valence-electron chi connectivity index (χ2n) is 11.4. The highest BCUT2D eigenvalue weighted by Gasteiger charge is 2.34. The zero-order valence-corrected chi connectivity index (χ0v) is 25.1. The van der Waals surface area contributed by atoms with Crippen molar-refractivity contribution >= 4 is 26.8 Å². The van der Waals surface area contributed by atoms with E-state index in [0.29, 0.717) is 31.3 Å². The Morgan fingerprint density at radius 2 is 1.76 bits per heavy atom. The van der Waals surface area contributed by atoms with E-state index in [9.17, 15) is 18.3 Å². The van der Waals surface area contributed by atoms with Crippen LogP contribution in [0, 0.1) is 5.92 Å². The highest BCUT2D eigenvalue weighted by Crippen LogP contribution is 2.30. The molecule has 0 radical (unpaired) electrons. The Labute approximate surface area is 243 Å². The summed E-state index contributed by atoms with van der Waals surface area (Å²) in [7, 11) is -1.76. The summed E-state index contributed by atoms with van der Waals surface area (Å²) in [6.07, 6.45) is 9.56. The van der Waals surface area contributed by atoms with E-state index in [2.05, 4.69) is 21.2 Å². The number of nitrogens with zero attached hydrogens (tertiary/aromatic N) is 1. The van der Waals surface area contributed by atoms with Crippen molar-refractivity contribution in [2.24, 2.45) is 13.0 Å². The van der Waals surface area contributed by atoms with Crippen LogP contribution in [0.1, 0.15) is 46.5 Å². The van der Waals surface area contributed by atoms with Crippen LogP contribution in [0.4, 0.5) is 0 Å². The number of fused-ring (bicyclic) bond motifs is 1. The van der Waals surface area contributed by atoms with Gasteiger partial charge in [-0.15, -0.1) is 0 Å². The minimum atomic E-state index is -3.74. The van der Waals surface area contributed by atoms with E-state index in [-0.39, 0.29) is 22.8 Å². The molecule has 0 bridgehead atoms. The van der Waals surface area contributed by atoms with Gasteiger partial charge < -0.3 is 15.0 Å². The number of aromatic nitrogens is 1. The predicted octanol–water partition coefficient (Wildman–Crippen LogP) is 5.63. The number of hydrogen-bond donors (Lipinski definition) is 3. The number of sulfonamides is 1. The summed E-state index contributed by atoms with van der Waals surface area (Å²) < 4.78 is 31.6. The topological polar surface area (TPSA) is 100 Å². The Balaban J connectivity index is 1.39. The van der Waals surface area contributed by atoms with Gasteiger partial charge in [0.2, 0.25) is 15.9 Å². The maximum atomic E-state index is 13.3. The normalized spacial score (nSPS) is 19.1. The zero-order chi connectivity index (χ0) is 29.8. The molecule has 3 aromatic rings.